The zero-order valence-electron chi connectivity index (χ0n) is 9.78. The van der Waals surface area contributed by atoms with Gasteiger partial charge in [-0.05, 0) is 19.8 Å². The largest absolute Gasteiger partial charge is 0.481 e. The monoisotopic (exact) mass is 224 g/mol. The van der Waals surface area contributed by atoms with Crippen molar-refractivity contribution < 1.29 is 14.6 Å². The Kier molecular flexibility index (Phi) is 2.40. The Balaban J connectivity index is 2.58. The lowest BCUT2D eigenvalue weighted by Crippen LogP contribution is -2.42. The summed E-state index contributed by atoms with van der Waals surface area (Å²) in [5.74, 6) is -0.201. The van der Waals surface area contributed by atoms with Gasteiger partial charge in [-0.3, -0.25) is 4.79 Å². The average Bonchev–Trinajstić information content (AvgIpc) is 2.40. The van der Waals surface area contributed by atoms with Gasteiger partial charge in [0.25, 0.3) is 0 Å². The van der Waals surface area contributed by atoms with Crippen molar-refractivity contribution in [3.05, 3.63) is 11.3 Å². The third-order valence-electron chi connectivity index (χ3n) is 3.46. The predicted molar refractivity (Wildman–Crippen MR) is 57.7 cm³/mol. The van der Waals surface area contributed by atoms with Crippen LogP contribution in [0.25, 0.3) is 0 Å². The molecule has 0 amide bonds. The van der Waals surface area contributed by atoms with Crippen LogP contribution in [0.2, 0.25) is 0 Å². The third-order valence-corrected chi connectivity index (χ3v) is 3.46. The lowest BCUT2D eigenvalue weighted by atomic mass is 9.64. The van der Waals surface area contributed by atoms with Gasteiger partial charge in [0.2, 0.25) is 5.88 Å². The summed E-state index contributed by atoms with van der Waals surface area (Å²) in [7, 11) is 3.32. The first-order valence-electron chi connectivity index (χ1n) is 5.34. The summed E-state index contributed by atoms with van der Waals surface area (Å²) in [6, 6.07) is 0. The molecule has 1 heterocycles. The maximum atomic E-state index is 11.4. The molecule has 0 bridgehead atoms. The zero-order chi connectivity index (χ0) is 11.9. The Morgan fingerprint density at radius 3 is 2.56 bits per heavy atom. The van der Waals surface area contributed by atoms with E-state index in [0.29, 0.717) is 18.7 Å². The number of ether oxygens (including phenoxy) is 1. The van der Waals surface area contributed by atoms with E-state index in [1.807, 2.05) is 6.92 Å². The van der Waals surface area contributed by atoms with Crippen molar-refractivity contribution in [1.29, 1.82) is 0 Å². The Morgan fingerprint density at radius 2 is 2.19 bits per heavy atom. The van der Waals surface area contributed by atoms with E-state index in [4.69, 9.17) is 4.74 Å². The van der Waals surface area contributed by atoms with Crippen LogP contribution < -0.4 is 4.74 Å². The number of aromatic nitrogens is 2. The summed E-state index contributed by atoms with van der Waals surface area (Å²) in [6.45, 7) is 1.83. The van der Waals surface area contributed by atoms with Gasteiger partial charge in [-0.15, -0.1) is 0 Å². The van der Waals surface area contributed by atoms with E-state index < -0.39 is 11.4 Å². The van der Waals surface area contributed by atoms with E-state index >= 15 is 0 Å². The van der Waals surface area contributed by atoms with Crippen molar-refractivity contribution in [2.45, 2.75) is 31.6 Å². The molecule has 0 saturated heterocycles. The lowest BCUT2D eigenvalue weighted by molar-refractivity contribution is -0.147. The van der Waals surface area contributed by atoms with Crippen LogP contribution in [0.1, 0.15) is 30.5 Å². The van der Waals surface area contributed by atoms with E-state index in [2.05, 4.69) is 5.10 Å². The van der Waals surface area contributed by atoms with Crippen LogP contribution >= 0.6 is 0 Å². The topological polar surface area (TPSA) is 64.3 Å². The molecular formula is C11H16N2O3. The quantitative estimate of drug-likeness (QED) is 0.839. The van der Waals surface area contributed by atoms with Crippen LogP contribution in [0.3, 0.4) is 0 Å². The molecule has 1 aliphatic carbocycles. The molecule has 1 aliphatic rings. The fourth-order valence-corrected chi connectivity index (χ4v) is 2.52. The molecule has 1 saturated carbocycles. The minimum Gasteiger partial charge on any atom is -0.481 e. The summed E-state index contributed by atoms with van der Waals surface area (Å²) in [4.78, 5) is 11.4. The number of carbonyl (C=O) groups is 1. The number of hydrogen-bond acceptors (Lipinski definition) is 3. The molecule has 0 aromatic carbocycles. The van der Waals surface area contributed by atoms with Crippen molar-refractivity contribution in [1.82, 2.24) is 9.78 Å². The van der Waals surface area contributed by atoms with Gasteiger partial charge in [0, 0.05) is 7.05 Å². The summed E-state index contributed by atoms with van der Waals surface area (Å²) >= 11 is 0. The van der Waals surface area contributed by atoms with Crippen molar-refractivity contribution >= 4 is 5.97 Å². The van der Waals surface area contributed by atoms with Crippen LogP contribution in [0, 0.1) is 6.92 Å². The van der Waals surface area contributed by atoms with Crippen LogP contribution in [-0.4, -0.2) is 28.0 Å². The Morgan fingerprint density at radius 1 is 1.56 bits per heavy atom. The van der Waals surface area contributed by atoms with E-state index in [1.165, 1.54) is 0 Å². The second kappa shape index (κ2) is 3.50. The average molecular weight is 224 g/mol. The normalized spacial score (nSPS) is 17.9. The molecule has 5 heteroatoms. The van der Waals surface area contributed by atoms with Gasteiger partial charge < -0.3 is 9.84 Å². The highest BCUT2D eigenvalue weighted by Gasteiger charge is 2.50. The molecule has 1 aromatic heterocycles. The molecule has 0 radical (unpaired) electrons. The molecule has 1 N–H and O–H groups in total. The Bertz CT molecular complexity index is 433. The molecule has 2 rings (SSSR count). The van der Waals surface area contributed by atoms with E-state index in [1.54, 1.807) is 18.8 Å². The van der Waals surface area contributed by atoms with E-state index in [0.717, 1.165) is 17.7 Å². The maximum absolute atomic E-state index is 11.4. The molecule has 1 fully saturated rings. The molecule has 1 aromatic rings. The predicted octanol–water partition coefficient (Wildman–Crippen LogP) is 1.24. The van der Waals surface area contributed by atoms with Crippen molar-refractivity contribution in [3.8, 4) is 5.88 Å². The number of rotatable bonds is 3. The second-order valence-corrected chi connectivity index (χ2v) is 4.33. The number of aliphatic carboxylic acids is 1. The summed E-state index contributed by atoms with van der Waals surface area (Å²) in [6.07, 6.45) is 2.29. The first kappa shape index (κ1) is 11.0. The van der Waals surface area contributed by atoms with Gasteiger partial charge in [-0.1, -0.05) is 6.42 Å². The number of nitrogens with zero attached hydrogens (tertiary/aromatic N) is 2. The van der Waals surface area contributed by atoms with Crippen LogP contribution in [0.4, 0.5) is 0 Å². The highest BCUT2D eigenvalue weighted by molar-refractivity contribution is 5.84. The molecule has 0 atom stereocenters. The highest BCUT2D eigenvalue weighted by Crippen LogP contribution is 2.48. The van der Waals surface area contributed by atoms with Gasteiger partial charge in [0.1, 0.15) is 0 Å². The smallest absolute Gasteiger partial charge is 0.314 e. The standard InChI is InChI=1S/C11H16N2O3/c1-7-8(9(16-3)13(2)12-7)11(10(14)15)5-4-6-11/h4-6H2,1-3H3,(H,14,15). The SMILES string of the molecule is COc1c(C2(C(=O)O)CCC2)c(C)nn1C. The molecule has 0 aliphatic heterocycles. The van der Waals surface area contributed by atoms with Crippen LogP contribution in [-0.2, 0) is 17.3 Å². The first-order valence-corrected chi connectivity index (χ1v) is 5.34. The fourth-order valence-electron chi connectivity index (χ4n) is 2.52. The van der Waals surface area contributed by atoms with Gasteiger partial charge in [0.05, 0.1) is 23.8 Å². The third kappa shape index (κ3) is 1.24. The van der Waals surface area contributed by atoms with Crippen molar-refractivity contribution in [2.24, 2.45) is 7.05 Å². The van der Waals surface area contributed by atoms with Crippen molar-refractivity contribution in [3.63, 3.8) is 0 Å². The molecule has 0 unspecified atom stereocenters. The summed E-state index contributed by atoms with van der Waals surface area (Å²) in [5, 5.41) is 13.6. The highest BCUT2D eigenvalue weighted by atomic mass is 16.5. The molecule has 5 nitrogen and oxygen atoms in total. The summed E-state index contributed by atoms with van der Waals surface area (Å²) in [5.41, 5.74) is 0.724. The molecular weight excluding hydrogens is 208 g/mol. The van der Waals surface area contributed by atoms with Gasteiger partial charge in [0.15, 0.2) is 0 Å². The first-order chi connectivity index (χ1) is 7.53. The molecule has 0 spiro atoms. The van der Waals surface area contributed by atoms with Crippen LogP contribution in [0.5, 0.6) is 5.88 Å². The number of hydrogen-bond donors (Lipinski definition) is 1. The minimum absolute atomic E-state index is 0.569. The number of carboxylic acids is 1. The molecule has 16 heavy (non-hydrogen) atoms. The zero-order valence-corrected chi connectivity index (χ0v) is 9.78. The second-order valence-electron chi connectivity index (χ2n) is 4.33. The minimum atomic E-state index is -0.774. The van der Waals surface area contributed by atoms with Crippen molar-refractivity contribution in [2.75, 3.05) is 7.11 Å². The number of carboxylic acid groups (broad SMARTS) is 1. The van der Waals surface area contributed by atoms with E-state index in [-0.39, 0.29) is 0 Å². The van der Waals surface area contributed by atoms with Gasteiger partial charge in [-0.2, -0.15) is 5.10 Å². The number of methoxy groups -OCH3 is 1. The molecule has 88 valence electrons. The van der Waals surface area contributed by atoms with Gasteiger partial charge in [-0.25, -0.2) is 4.68 Å². The Hall–Kier alpha value is -1.52. The summed E-state index contributed by atoms with van der Waals surface area (Å²) < 4.78 is 6.87. The lowest BCUT2D eigenvalue weighted by Gasteiger charge is -2.37. The van der Waals surface area contributed by atoms with Gasteiger partial charge >= 0.3 is 5.97 Å². The fraction of sp³-hybridized carbons (Fsp3) is 0.636. The number of aryl methyl sites for hydroxylation is 2. The Labute approximate surface area is 94.0 Å². The van der Waals surface area contributed by atoms with E-state index in [9.17, 15) is 9.90 Å². The maximum Gasteiger partial charge on any atom is 0.314 e. The van der Waals surface area contributed by atoms with Crippen LogP contribution in [0.15, 0.2) is 0 Å².